The highest BCUT2D eigenvalue weighted by atomic mass is 32.1. The first-order valence-electron chi connectivity index (χ1n) is 4.31. The molecule has 72 valence electrons. The predicted molar refractivity (Wildman–Crippen MR) is 51.6 cm³/mol. The van der Waals surface area contributed by atoms with E-state index in [1.165, 1.54) is 4.88 Å². The minimum absolute atomic E-state index is 0.0305. The quantitative estimate of drug-likeness (QED) is 0.773. The van der Waals surface area contributed by atoms with Crippen LogP contribution in [-0.2, 0) is 4.74 Å². The number of aliphatic hydroxyl groups is 1. The molecule has 1 saturated heterocycles. The summed E-state index contributed by atoms with van der Waals surface area (Å²) in [6, 6.07) is 4.08. The molecule has 3 nitrogen and oxygen atoms in total. The number of thiophene rings is 1. The second kappa shape index (κ2) is 3.75. The summed E-state index contributed by atoms with van der Waals surface area (Å²) in [5, 5.41) is 11.0. The van der Waals surface area contributed by atoms with E-state index in [0.717, 1.165) is 6.54 Å². The first-order valence-corrected chi connectivity index (χ1v) is 5.19. The van der Waals surface area contributed by atoms with Crippen LogP contribution in [0, 0.1) is 0 Å². The maximum absolute atomic E-state index is 8.95. The number of aliphatic hydroxyl groups excluding tert-OH is 1. The van der Waals surface area contributed by atoms with Gasteiger partial charge in [-0.15, -0.1) is 11.3 Å². The Morgan fingerprint density at radius 2 is 2.62 bits per heavy atom. The Labute approximate surface area is 81.6 Å². The Hall–Kier alpha value is -0.420. The molecule has 0 aromatic carbocycles. The summed E-state index contributed by atoms with van der Waals surface area (Å²) in [6.45, 7) is 0.908. The van der Waals surface area contributed by atoms with Gasteiger partial charge in [0.1, 0.15) is 6.23 Å². The highest BCUT2D eigenvalue weighted by Crippen LogP contribution is 2.31. The van der Waals surface area contributed by atoms with Gasteiger partial charge in [-0.25, -0.2) is 0 Å². The van der Waals surface area contributed by atoms with Crippen LogP contribution in [0.3, 0.4) is 0 Å². The van der Waals surface area contributed by atoms with Crippen molar-refractivity contribution in [2.75, 3.05) is 20.2 Å². The molecule has 0 saturated carbocycles. The summed E-state index contributed by atoms with van der Waals surface area (Å²) >= 11 is 1.69. The Balaban J connectivity index is 2.09. The smallest absolute Gasteiger partial charge is 0.146 e. The van der Waals surface area contributed by atoms with Gasteiger partial charge in [-0.1, -0.05) is 6.07 Å². The van der Waals surface area contributed by atoms with Crippen molar-refractivity contribution in [2.24, 2.45) is 0 Å². The highest BCUT2D eigenvalue weighted by Gasteiger charge is 2.31. The molecule has 4 heteroatoms. The highest BCUT2D eigenvalue weighted by molar-refractivity contribution is 7.10. The normalized spacial score (nSPS) is 29.7. The van der Waals surface area contributed by atoms with E-state index in [9.17, 15) is 0 Å². The van der Waals surface area contributed by atoms with E-state index >= 15 is 0 Å². The maximum atomic E-state index is 8.95. The number of likely N-dealkylation sites (N-methyl/N-ethyl adjacent to an activating group) is 1. The van der Waals surface area contributed by atoms with Crippen molar-refractivity contribution in [3.63, 3.8) is 0 Å². The molecule has 0 spiro atoms. The van der Waals surface area contributed by atoms with E-state index in [1.807, 2.05) is 18.5 Å². The molecule has 0 aliphatic carbocycles. The van der Waals surface area contributed by atoms with Crippen molar-refractivity contribution in [3.05, 3.63) is 22.4 Å². The average molecular weight is 199 g/mol. The van der Waals surface area contributed by atoms with Gasteiger partial charge in [0, 0.05) is 11.4 Å². The van der Waals surface area contributed by atoms with Crippen LogP contribution in [0.4, 0.5) is 0 Å². The summed E-state index contributed by atoms with van der Waals surface area (Å²) in [7, 11) is 2.01. The third kappa shape index (κ3) is 1.76. The molecule has 1 N–H and O–H groups in total. The Morgan fingerprint density at radius 3 is 3.15 bits per heavy atom. The lowest BCUT2D eigenvalue weighted by molar-refractivity contribution is -0.0118. The lowest BCUT2D eigenvalue weighted by Gasteiger charge is -2.15. The van der Waals surface area contributed by atoms with E-state index in [4.69, 9.17) is 9.84 Å². The van der Waals surface area contributed by atoms with Crippen LogP contribution < -0.4 is 0 Å². The Morgan fingerprint density at radius 1 is 1.77 bits per heavy atom. The van der Waals surface area contributed by atoms with Gasteiger partial charge in [0.05, 0.1) is 12.7 Å². The number of rotatable bonds is 2. The van der Waals surface area contributed by atoms with Crippen LogP contribution in [0.2, 0.25) is 0 Å². The lowest BCUT2D eigenvalue weighted by atomic mass is 10.4. The molecule has 0 amide bonds. The van der Waals surface area contributed by atoms with Gasteiger partial charge in [-0.2, -0.15) is 0 Å². The number of hydrogen-bond donors (Lipinski definition) is 1. The fraction of sp³-hybridized carbons (Fsp3) is 0.556. The van der Waals surface area contributed by atoms with Crippen molar-refractivity contribution < 1.29 is 9.84 Å². The standard InChI is InChI=1S/C9H13NO2S/c1-10-5-7(6-11)12-9(10)8-3-2-4-13-8/h2-4,7,9,11H,5-6H2,1H3. The first-order chi connectivity index (χ1) is 6.31. The van der Waals surface area contributed by atoms with E-state index in [-0.39, 0.29) is 18.9 Å². The summed E-state index contributed by atoms with van der Waals surface area (Å²) in [4.78, 5) is 3.32. The van der Waals surface area contributed by atoms with Crippen LogP contribution in [-0.4, -0.2) is 36.3 Å². The molecular weight excluding hydrogens is 186 g/mol. The first kappa shape index (κ1) is 9.15. The van der Waals surface area contributed by atoms with Gasteiger partial charge < -0.3 is 9.84 Å². The number of nitrogens with zero attached hydrogens (tertiary/aromatic N) is 1. The van der Waals surface area contributed by atoms with Gasteiger partial charge in [-0.3, -0.25) is 4.90 Å². The van der Waals surface area contributed by atoms with Gasteiger partial charge in [0.25, 0.3) is 0 Å². The second-order valence-electron chi connectivity index (χ2n) is 3.25. The van der Waals surface area contributed by atoms with Crippen molar-refractivity contribution in [3.8, 4) is 0 Å². The topological polar surface area (TPSA) is 32.7 Å². The number of ether oxygens (including phenoxy) is 1. The van der Waals surface area contributed by atoms with Gasteiger partial charge in [0.15, 0.2) is 0 Å². The van der Waals surface area contributed by atoms with Crippen LogP contribution in [0.25, 0.3) is 0 Å². The monoisotopic (exact) mass is 199 g/mol. The fourth-order valence-electron chi connectivity index (χ4n) is 1.56. The van der Waals surface area contributed by atoms with Gasteiger partial charge in [-0.05, 0) is 18.5 Å². The molecule has 1 aliphatic rings. The average Bonchev–Trinajstić information content (AvgIpc) is 2.72. The second-order valence-corrected chi connectivity index (χ2v) is 4.23. The molecule has 0 bridgehead atoms. The zero-order valence-corrected chi connectivity index (χ0v) is 8.33. The predicted octanol–water partition coefficient (Wildman–Crippen LogP) is 1.07. The maximum Gasteiger partial charge on any atom is 0.146 e. The fourth-order valence-corrected chi connectivity index (χ4v) is 2.39. The van der Waals surface area contributed by atoms with E-state index < -0.39 is 0 Å². The molecule has 2 rings (SSSR count). The van der Waals surface area contributed by atoms with Crippen molar-refractivity contribution in [1.29, 1.82) is 0 Å². The molecule has 2 heterocycles. The minimum Gasteiger partial charge on any atom is -0.394 e. The molecule has 1 fully saturated rings. The lowest BCUT2D eigenvalue weighted by Crippen LogP contribution is -2.20. The van der Waals surface area contributed by atoms with Crippen LogP contribution in [0.15, 0.2) is 17.5 Å². The van der Waals surface area contributed by atoms with Crippen LogP contribution in [0.1, 0.15) is 11.1 Å². The van der Waals surface area contributed by atoms with Gasteiger partial charge >= 0.3 is 0 Å². The van der Waals surface area contributed by atoms with Crippen molar-refractivity contribution >= 4 is 11.3 Å². The van der Waals surface area contributed by atoms with Gasteiger partial charge in [0.2, 0.25) is 0 Å². The third-order valence-corrected chi connectivity index (χ3v) is 3.11. The molecule has 13 heavy (non-hydrogen) atoms. The Bertz CT molecular complexity index is 263. The molecule has 1 aromatic heterocycles. The van der Waals surface area contributed by atoms with Crippen molar-refractivity contribution in [2.45, 2.75) is 12.3 Å². The summed E-state index contributed by atoms with van der Waals surface area (Å²) in [6.07, 6.45) is 0.00856. The SMILES string of the molecule is CN1CC(CO)OC1c1cccs1. The molecule has 0 radical (unpaired) electrons. The Kier molecular flexibility index (Phi) is 2.64. The largest absolute Gasteiger partial charge is 0.394 e. The van der Waals surface area contributed by atoms with E-state index in [2.05, 4.69) is 11.0 Å². The summed E-state index contributed by atoms with van der Waals surface area (Å²) < 4.78 is 5.65. The molecule has 2 unspecified atom stereocenters. The molecule has 1 aliphatic heterocycles. The van der Waals surface area contributed by atoms with Crippen LogP contribution >= 0.6 is 11.3 Å². The molecule has 2 atom stereocenters. The summed E-state index contributed by atoms with van der Waals surface area (Å²) in [5.74, 6) is 0. The zero-order chi connectivity index (χ0) is 9.26. The van der Waals surface area contributed by atoms with Crippen LogP contribution in [0.5, 0.6) is 0 Å². The van der Waals surface area contributed by atoms with E-state index in [1.54, 1.807) is 11.3 Å². The summed E-state index contributed by atoms with van der Waals surface area (Å²) in [5.41, 5.74) is 0. The molecular formula is C9H13NO2S. The minimum atomic E-state index is -0.0305. The third-order valence-electron chi connectivity index (χ3n) is 2.20. The zero-order valence-electron chi connectivity index (χ0n) is 7.51. The number of hydrogen-bond acceptors (Lipinski definition) is 4. The van der Waals surface area contributed by atoms with Crippen molar-refractivity contribution in [1.82, 2.24) is 4.90 Å². The van der Waals surface area contributed by atoms with E-state index in [0.29, 0.717) is 0 Å². The molecule has 1 aromatic rings.